The molecule has 0 aliphatic heterocycles. The maximum Gasteiger partial charge on any atom is 0.251 e. The normalized spacial score (nSPS) is 12.5. The number of carbonyl (C=O) groups excluding carboxylic acids is 1. The molecule has 0 aliphatic carbocycles. The fourth-order valence-electron chi connectivity index (χ4n) is 1.68. The second-order valence-corrected chi connectivity index (χ2v) is 4.55. The molecule has 1 aromatic carbocycles. The van der Waals surface area contributed by atoms with E-state index in [9.17, 15) is 9.18 Å². The molecular weight excluding hydrogens is 219 g/mol. The molecule has 0 saturated carbocycles. The third-order valence-electron chi connectivity index (χ3n) is 2.46. The van der Waals surface area contributed by atoms with Crippen molar-refractivity contribution in [3.05, 3.63) is 35.6 Å². The van der Waals surface area contributed by atoms with Crippen LogP contribution in [0.3, 0.4) is 0 Å². The third-order valence-corrected chi connectivity index (χ3v) is 2.46. The molecule has 94 valence electrons. The van der Waals surface area contributed by atoms with Crippen LogP contribution in [0.1, 0.15) is 30.6 Å². The first-order valence-electron chi connectivity index (χ1n) is 5.79. The summed E-state index contributed by atoms with van der Waals surface area (Å²) in [5.74, 6) is -0.234. The highest BCUT2D eigenvalue weighted by Gasteiger charge is 2.13. The zero-order valence-electron chi connectivity index (χ0n) is 10.2. The molecule has 3 nitrogen and oxygen atoms in total. The lowest BCUT2D eigenvalue weighted by atomic mass is 10.0. The van der Waals surface area contributed by atoms with Gasteiger partial charge in [-0.1, -0.05) is 19.9 Å². The predicted molar refractivity (Wildman–Crippen MR) is 66.2 cm³/mol. The van der Waals surface area contributed by atoms with E-state index < -0.39 is 5.82 Å². The highest BCUT2D eigenvalue weighted by atomic mass is 19.1. The number of hydrogen-bond acceptors (Lipinski definition) is 2. The third kappa shape index (κ3) is 4.53. The molecule has 1 rings (SSSR count). The van der Waals surface area contributed by atoms with E-state index >= 15 is 0 Å². The molecule has 4 heteroatoms. The Kier molecular flexibility index (Phi) is 5.10. The lowest BCUT2D eigenvalue weighted by Crippen LogP contribution is -2.41. The highest BCUT2D eigenvalue weighted by Crippen LogP contribution is 2.07. The van der Waals surface area contributed by atoms with E-state index in [0.29, 0.717) is 18.0 Å². The number of hydrogen-bond donors (Lipinski definition) is 2. The lowest BCUT2D eigenvalue weighted by Gasteiger charge is -2.18. The van der Waals surface area contributed by atoms with Crippen molar-refractivity contribution >= 4 is 5.91 Å². The Labute approximate surface area is 101 Å². The van der Waals surface area contributed by atoms with Gasteiger partial charge in [0.2, 0.25) is 0 Å². The van der Waals surface area contributed by atoms with Crippen LogP contribution in [0.5, 0.6) is 0 Å². The van der Waals surface area contributed by atoms with Crippen molar-refractivity contribution in [3.8, 4) is 0 Å². The van der Waals surface area contributed by atoms with Crippen LogP contribution in [-0.2, 0) is 0 Å². The molecule has 1 unspecified atom stereocenters. The summed E-state index contributed by atoms with van der Waals surface area (Å²) in [6, 6.07) is 5.57. The highest BCUT2D eigenvalue weighted by molar-refractivity contribution is 5.94. The Morgan fingerprint density at radius 2 is 2.18 bits per heavy atom. The quantitative estimate of drug-likeness (QED) is 0.823. The van der Waals surface area contributed by atoms with Crippen LogP contribution < -0.4 is 11.1 Å². The molecule has 0 spiro atoms. The van der Waals surface area contributed by atoms with Gasteiger partial charge in [0.05, 0.1) is 0 Å². The summed E-state index contributed by atoms with van der Waals surface area (Å²) >= 11 is 0. The smallest absolute Gasteiger partial charge is 0.251 e. The maximum absolute atomic E-state index is 13.0. The molecule has 1 aromatic rings. The average molecular weight is 238 g/mol. The standard InChI is InChI=1S/C13H19FN2O/c1-9(2)6-12(8-15)16-13(17)10-4-3-5-11(14)7-10/h3-5,7,9,12H,6,8,15H2,1-2H3,(H,16,17). The number of carbonyl (C=O) groups is 1. The van der Waals surface area contributed by atoms with Crippen LogP contribution in [0.15, 0.2) is 24.3 Å². The number of benzene rings is 1. The first-order chi connectivity index (χ1) is 8.02. The van der Waals surface area contributed by atoms with Gasteiger partial charge in [0.1, 0.15) is 5.82 Å². The van der Waals surface area contributed by atoms with Gasteiger partial charge in [0, 0.05) is 18.2 Å². The van der Waals surface area contributed by atoms with Crippen molar-refractivity contribution in [2.75, 3.05) is 6.54 Å². The van der Waals surface area contributed by atoms with Gasteiger partial charge in [0.15, 0.2) is 0 Å². The molecule has 0 radical (unpaired) electrons. The fourth-order valence-corrected chi connectivity index (χ4v) is 1.68. The maximum atomic E-state index is 13.0. The molecule has 17 heavy (non-hydrogen) atoms. The summed E-state index contributed by atoms with van der Waals surface area (Å²) in [6.07, 6.45) is 0.817. The molecule has 0 heterocycles. The van der Waals surface area contributed by atoms with Gasteiger partial charge in [-0.15, -0.1) is 0 Å². The number of nitrogens with two attached hydrogens (primary N) is 1. The molecule has 1 amide bonds. The van der Waals surface area contributed by atoms with Gasteiger partial charge in [-0.05, 0) is 30.5 Å². The summed E-state index contributed by atoms with van der Waals surface area (Å²) in [6.45, 7) is 4.52. The second kappa shape index (κ2) is 6.35. The molecule has 0 bridgehead atoms. The molecule has 1 atom stereocenters. The number of halogens is 1. The second-order valence-electron chi connectivity index (χ2n) is 4.55. The van der Waals surface area contributed by atoms with Crippen LogP contribution in [0.4, 0.5) is 4.39 Å². The molecular formula is C13H19FN2O. The van der Waals surface area contributed by atoms with E-state index in [1.165, 1.54) is 18.2 Å². The van der Waals surface area contributed by atoms with E-state index in [0.717, 1.165) is 6.42 Å². The Balaban J connectivity index is 2.64. The van der Waals surface area contributed by atoms with Crippen LogP contribution in [0, 0.1) is 11.7 Å². The van der Waals surface area contributed by atoms with Crippen molar-refractivity contribution in [2.45, 2.75) is 26.3 Å². The van der Waals surface area contributed by atoms with Crippen molar-refractivity contribution in [1.82, 2.24) is 5.32 Å². The van der Waals surface area contributed by atoms with E-state index in [1.54, 1.807) is 6.07 Å². The minimum atomic E-state index is -0.411. The average Bonchev–Trinajstić information content (AvgIpc) is 2.27. The first kappa shape index (κ1) is 13.6. The molecule has 0 fully saturated rings. The summed E-state index contributed by atoms with van der Waals surface area (Å²) in [7, 11) is 0. The molecule has 3 N–H and O–H groups in total. The van der Waals surface area contributed by atoms with E-state index in [-0.39, 0.29) is 11.9 Å². The predicted octanol–water partition coefficient (Wildman–Crippen LogP) is 1.93. The van der Waals surface area contributed by atoms with Crippen molar-refractivity contribution in [2.24, 2.45) is 11.7 Å². The molecule has 0 saturated heterocycles. The van der Waals surface area contributed by atoms with Crippen LogP contribution >= 0.6 is 0 Å². The zero-order valence-corrected chi connectivity index (χ0v) is 10.2. The summed E-state index contributed by atoms with van der Waals surface area (Å²) in [5, 5.41) is 2.81. The number of nitrogens with one attached hydrogen (secondary N) is 1. The Morgan fingerprint density at radius 3 is 2.71 bits per heavy atom. The van der Waals surface area contributed by atoms with E-state index in [1.807, 2.05) is 0 Å². The lowest BCUT2D eigenvalue weighted by molar-refractivity contribution is 0.0933. The fraction of sp³-hybridized carbons (Fsp3) is 0.462. The van der Waals surface area contributed by atoms with Crippen molar-refractivity contribution in [1.29, 1.82) is 0 Å². The first-order valence-corrected chi connectivity index (χ1v) is 5.79. The SMILES string of the molecule is CC(C)CC(CN)NC(=O)c1cccc(F)c1. The van der Waals surface area contributed by atoms with Gasteiger partial charge in [0.25, 0.3) is 5.91 Å². The molecule has 0 aliphatic rings. The van der Waals surface area contributed by atoms with Crippen molar-refractivity contribution < 1.29 is 9.18 Å². The topological polar surface area (TPSA) is 55.1 Å². The van der Waals surface area contributed by atoms with E-state index in [4.69, 9.17) is 5.73 Å². The Morgan fingerprint density at radius 1 is 1.47 bits per heavy atom. The van der Waals surface area contributed by atoms with Crippen LogP contribution in [-0.4, -0.2) is 18.5 Å². The van der Waals surface area contributed by atoms with Crippen LogP contribution in [0.25, 0.3) is 0 Å². The summed E-state index contributed by atoms with van der Waals surface area (Å²) in [4.78, 5) is 11.8. The summed E-state index contributed by atoms with van der Waals surface area (Å²) < 4.78 is 13.0. The van der Waals surface area contributed by atoms with Crippen LogP contribution in [0.2, 0.25) is 0 Å². The zero-order chi connectivity index (χ0) is 12.8. The number of amides is 1. The van der Waals surface area contributed by atoms with Gasteiger partial charge in [-0.2, -0.15) is 0 Å². The van der Waals surface area contributed by atoms with Gasteiger partial charge < -0.3 is 11.1 Å². The minimum absolute atomic E-state index is 0.0641. The minimum Gasteiger partial charge on any atom is -0.348 e. The largest absolute Gasteiger partial charge is 0.348 e. The Hall–Kier alpha value is -1.42. The van der Waals surface area contributed by atoms with E-state index in [2.05, 4.69) is 19.2 Å². The Bertz CT molecular complexity index is 379. The number of rotatable bonds is 5. The van der Waals surface area contributed by atoms with Crippen molar-refractivity contribution in [3.63, 3.8) is 0 Å². The van der Waals surface area contributed by atoms with Gasteiger partial charge in [-0.3, -0.25) is 4.79 Å². The monoisotopic (exact) mass is 238 g/mol. The molecule has 0 aromatic heterocycles. The van der Waals surface area contributed by atoms with Gasteiger partial charge in [-0.25, -0.2) is 4.39 Å². The summed E-state index contributed by atoms with van der Waals surface area (Å²) in [5.41, 5.74) is 5.91. The van der Waals surface area contributed by atoms with Gasteiger partial charge >= 0.3 is 0 Å².